The Morgan fingerprint density at radius 1 is 1.02 bits per heavy atom. The SMILES string of the molecule is COC1=C2C[C@@H](C)C[C@H](OC)[C@H](O)[C@@H](C)/C=C(\C)[C@H](OC=O)[C@@H](OC)/C=C\C=C(/C)C(=O)NC(=C(C)C1=O)C2=O. The molecule has 2 rings (SSSR count). The number of aliphatic hydroxyl groups is 1. The summed E-state index contributed by atoms with van der Waals surface area (Å²) in [6, 6.07) is 0. The normalized spacial score (nSPS) is 33.0. The Kier molecular flexibility index (Phi) is 12.2. The fraction of sp³-hybridized carbons (Fsp3) is 0.533. The lowest BCUT2D eigenvalue weighted by Crippen LogP contribution is -2.37. The van der Waals surface area contributed by atoms with Crippen molar-refractivity contribution in [1.82, 2.24) is 5.32 Å². The van der Waals surface area contributed by atoms with Crippen LogP contribution in [0.15, 0.2) is 58.1 Å². The van der Waals surface area contributed by atoms with Crippen molar-refractivity contribution >= 4 is 23.9 Å². The Bertz CT molecular complexity index is 1140. The van der Waals surface area contributed by atoms with Crippen molar-refractivity contribution in [3.05, 3.63) is 58.1 Å². The molecule has 2 N–H and O–H groups in total. The van der Waals surface area contributed by atoms with Crippen molar-refractivity contribution in [3.63, 3.8) is 0 Å². The minimum atomic E-state index is -0.931. The van der Waals surface area contributed by atoms with Crippen LogP contribution in [0, 0.1) is 11.8 Å². The smallest absolute Gasteiger partial charge is 0.293 e. The van der Waals surface area contributed by atoms with Crippen molar-refractivity contribution in [3.8, 4) is 0 Å². The number of amides is 1. The third kappa shape index (κ3) is 7.65. The van der Waals surface area contributed by atoms with Gasteiger partial charge in [-0.05, 0) is 45.1 Å². The van der Waals surface area contributed by atoms with Gasteiger partial charge in [-0.25, -0.2) is 0 Å². The summed E-state index contributed by atoms with van der Waals surface area (Å²) in [4.78, 5) is 50.9. The van der Waals surface area contributed by atoms with Crippen molar-refractivity contribution in [2.45, 2.75) is 71.9 Å². The molecule has 0 radical (unpaired) electrons. The molecule has 0 unspecified atom stereocenters. The highest BCUT2D eigenvalue weighted by molar-refractivity contribution is 6.25. The summed E-state index contributed by atoms with van der Waals surface area (Å²) in [5.41, 5.74) is 1.06. The highest BCUT2D eigenvalue weighted by Gasteiger charge is 2.36. The Labute approximate surface area is 235 Å². The predicted molar refractivity (Wildman–Crippen MR) is 148 cm³/mol. The highest BCUT2D eigenvalue weighted by Crippen LogP contribution is 2.31. The molecule has 0 aromatic rings. The molecular weight excluding hydrogens is 518 g/mol. The number of rotatable bonds is 5. The van der Waals surface area contributed by atoms with Crippen molar-refractivity contribution in [2.75, 3.05) is 21.3 Å². The molecule has 0 aromatic carbocycles. The third-order valence-electron chi connectivity index (χ3n) is 7.30. The molecule has 1 heterocycles. The molecule has 1 aliphatic heterocycles. The monoisotopic (exact) mass is 559 g/mol. The first kappa shape index (κ1) is 32.9. The van der Waals surface area contributed by atoms with Crippen molar-refractivity contribution in [1.29, 1.82) is 0 Å². The standard InChI is InChI=1S/C30H41NO9/c1-16-12-21-27(35)24(20(5)26(34)29(21)39-8)31-30(36)17(2)10-9-11-22(37-6)28(40-15-32)19(4)14-18(3)25(33)23(13-16)38-7/h9-11,14-16,18,22-23,25,28,33H,12-13H2,1-8H3,(H,31,36)/b11-9-,17-10+,19-14+/t16-,18+,22+,23+,25-,28+/m1/s1. The van der Waals surface area contributed by atoms with Crippen LogP contribution in [0.2, 0.25) is 0 Å². The molecular formula is C30H41NO9. The van der Waals surface area contributed by atoms with E-state index < -0.39 is 47.8 Å². The van der Waals surface area contributed by atoms with E-state index in [4.69, 9.17) is 18.9 Å². The van der Waals surface area contributed by atoms with Crippen LogP contribution < -0.4 is 5.32 Å². The second-order valence-electron chi connectivity index (χ2n) is 10.3. The van der Waals surface area contributed by atoms with Gasteiger partial charge in [0.2, 0.25) is 11.6 Å². The van der Waals surface area contributed by atoms with E-state index in [1.165, 1.54) is 34.3 Å². The number of fused-ring (bicyclic) bond motifs is 2. The van der Waals surface area contributed by atoms with Gasteiger partial charge in [0.1, 0.15) is 6.10 Å². The molecule has 40 heavy (non-hydrogen) atoms. The van der Waals surface area contributed by atoms with Gasteiger partial charge >= 0.3 is 0 Å². The zero-order chi connectivity index (χ0) is 30.1. The van der Waals surface area contributed by atoms with Crippen LogP contribution in [0.4, 0.5) is 0 Å². The molecule has 0 spiro atoms. The molecule has 2 aliphatic rings. The topological polar surface area (TPSA) is 137 Å². The lowest BCUT2D eigenvalue weighted by molar-refractivity contribution is -0.136. The fourth-order valence-corrected chi connectivity index (χ4v) is 4.95. The zero-order valence-electron chi connectivity index (χ0n) is 24.5. The van der Waals surface area contributed by atoms with E-state index in [2.05, 4.69) is 5.32 Å². The lowest BCUT2D eigenvalue weighted by Gasteiger charge is -2.30. The summed E-state index contributed by atoms with van der Waals surface area (Å²) in [6.07, 6.45) is 4.04. The van der Waals surface area contributed by atoms with Gasteiger partial charge in [0.05, 0.1) is 25.0 Å². The summed E-state index contributed by atoms with van der Waals surface area (Å²) in [6.45, 7) is 8.84. The summed E-state index contributed by atoms with van der Waals surface area (Å²) >= 11 is 0. The molecule has 1 amide bonds. The molecule has 0 aromatic heterocycles. The Morgan fingerprint density at radius 2 is 1.70 bits per heavy atom. The Hall–Kier alpha value is -3.34. The van der Waals surface area contributed by atoms with E-state index in [-0.39, 0.29) is 40.5 Å². The third-order valence-corrected chi connectivity index (χ3v) is 7.30. The molecule has 2 bridgehead atoms. The molecule has 10 heteroatoms. The Balaban J connectivity index is 2.63. The Morgan fingerprint density at radius 3 is 2.27 bits per heavy atom. The minimum Gasteiger partial charge on any atom is -0.492 e. The van der Waals surface area contributed by atoms with E-state index >= 15 is 0 Å². The van der Waals surface area contributed by atoms with E-state index in [1.807, 2.05) is 13.8 Å². The molecule has 0 saturated heterocycles. The van der Waals surface area contributed by atoms with Crippen LogP contribution in [0.25, 0.3) is 0 Å². The number of carbonyl (C=O) groups excluding carboxylic acids is 4. The summed E-state index contributed by atoms with van der Waals surface area (Å²) in [5.74, 6) is -2.19. The maximum absolute atomic E-state index is 13.5. The molecule has 0 saturated carbocycles. The number of allylic oxidation sites excluding steroid dienone is 4. The number of ketones is 2. The van der Waals surface area contributed by atoms with E-state index in [1.54, 1.807) is 32.1 Å². The number of carbonyl (C=O) groups is 4. The highest BCUT2D eigenvalue weighted by atomic mass is 16.6. The van der Waals surface area contributed by atoms with Crippen LogP contribution in [0.5, 0.6) is 0 Å². The van der Waals surface area contributed by atoms with Crippen molar-refractivity contribution < 1.29 is 43.2 Å². The maximum Gasteiger partial charge on any atom is 0.293 e. The van der Waals surface area contributed by atoms with E-state index in [0.717, 1.165) is 0 Å². The summed E-state index contributed by atoms with van der Waals surface area (Å²) in [7, 11) is 4.28. The van der Waals surface area contributed by atoms with Gasteiger partial charge in [0, 0.05) is 36.9 Å². The van der Waals surface area contributed by atoms with E-state index in [0.29, 0.717) is 18.5 Å². The zero-order valence-corrected chi connectivity index (χ0v) is 24.5. The second kappa shape index (κ2) is 14.9. The first-order valence-corrected chi connectivity index (χ1v) is 13.2. The first-order valence-electron chi connectivity index (χ1n) is 13.2. The number of nitrogens with one attached hydrogen (secondary N) is 1. The molecule has 0 fully saturated rings. The van der Waals surface area contributed by atoms with Crippen LogP contribution in [-0.4, -0.2) is 74.8 Å². The van der Waals surface area contributed by atoms with Gasteiger partial charge in [0.25, 0.3) is 12.4 Å². The summed E-state index contributed by atoms with van der Waals surface area (Å²) in [5, 5.41) is 13.8. The van der Waals surface area contributed by atoms with Gasteiger partial charge in [-0.1, -0.05) is 38.2 Å². The van der Waals surface area contributed by atoms with Crippen LogP contribution >= 0.6 is 0 Å². The van der Waals surface area contributed by atoms with Gasteiger partial charge in [-0.2, -0.15) is 0 Å². The van der Waals surface area contributed by atoms with Gasteiger partial charge in [-0.3, -0.25) is 19.2 Å². The lowest BCUT2D eigenvalue weighted by atomic mass is 9.84. The number of ether oxygens (including phenoxy) is 4. The predicted octanol–water partition coefficient (Wildman–Crippen LogP) is 2.88. The van der Waals surface area contributed by atoms with Crippen molar-refractivity contribution in [2.24, 2.45) is 11.8 Å². The largest absolute Gasteiger partial charge is 0.492 e. The van der Waals surface area contributed by atoms with Gasteiger partial charge in [0.15, 0.2) is 11.9 Å². The average molecular weight is 560 g/mol. The fourth-order valence-electron chi connectivity index (χ4n) is 4.95. The molecule has 6 atom stereocenters. The van der Waals surface area contributed by atoms with E-state index in [9.17, 15) is 24.3 Å². The van der Waals surface area contributed by atoms with Crippen LogP contribution in [0.3, 0.4) is 0 Å². The van der Waals surface area contributed by atoms with Crippen LogP contribution in [0.1, 0.15) is 47.5 Å². The van der Waals surface area contributed by atoms with Crippen LogP contribution in [-0.2, 0) is 38.1 Å². The molecule has 220 valence electrons. The number of methoxy groups -OCH3 is 3. The molecule has 10 nitrogen and oxygen atoms in total. The quantitative estimate of drug-likeness (QED) is 0.296. The van der Waals surface area contributed by atoms with Gasteiger partial charge in [-0.15, -0.1) is 0 Å². The first-order chi connectivity index (χ1) is 18.9. The number of aliphatic hydroxyl groups excluding tert-OH is 1. The maximum atomic E-state index is 13.5. The molecule has 1 aliphatic carbocycles. The number of Topliss-reactive ketones (excluding diaryl/α,β-unsaturated/α-hetero) is 2. The summed E-state index contributed by atoms with van der Waals surface area (Å²) < 4.78 is 21.8. The number of hydrogen-bond donors (Lipinski definition) is 2. The second-order valence-corrected chi connectivity index (χ2v) is 10.3. The number of hydrogen-bond acceptors (Lipinski definition) is 9. The van der Waals surface area contributed by atoms with Gasteiger partial charge < -0.3 is 29.4 Å². The average Bonchev–Trinajstić information content (AvgIpc) is 2.92. The minimum absolute atomic E-state index is 0.0540.